The van der Waals surface area contributed by atoms with E-state index in [1.54, 1.807) is 13.2 Å². The number of benzene rings is 1. The fourth-order valence-electron chi connectivity index (χ4n) is 2.22. The van der Waals surface area contributed by atoms with Crippen molar-refractivity contribution in [2.45, 2.75) is 20.4 Å². The fourth-order valence-corrected chi connectivity index (χ4v) is 2.22. The van der Waals surface area contributed by atoms with Gasteiger partial charge in [0.2, 0.25) is 0 Å². The van der Waals surface area contributed by atoms with Crippen LogP contribution in [-0.2, 0) is 23.1 Å². The van der Waals surface area contributed by atoms with Crippen molar-refractivity contribution in [1.29, 1.82) is 0 Å². The van der Waals surface area contributed by atoms with Gasteiger partial charge in [0.25, 0.3) is 5.91 Å². The highest BCUT2D eigenvalue weighted by atomic mass is 16.5. The van der Waals surface area contributed by atoms with Gasteiger partial charge in [0.15, 0.2) is 12.4 Å². The van der Waals surface area contributed by atoms with Crippen molar-refractivity contribution in [3.05, 3.63) is 58.9 Å². The van der Waals surface area contributed by atoms with Gasteiger partial charge in [-0.2, -0.15) is 0 Å². The summed E-state index contributed by atoms with van der Waals surface area (Å²) in [5.41, 5.74) is 2.74. The van der Waals surface area contributed by atoms with Crippen molar-refractivity contribution >= 4 is 17.7 Å². The summed E-state index contributed by atoms with van der Waals surface area (Å²) in [5.74, 6) is -1.16. The van der Waals surface area contributed by atoms with Gasteiger partial charge in [-0.15, -0.1) is 0 Å². The second-order valence-corrected chi connectivity index (χ2v) is 5.56. The molecule has 1 aromatic heterocycles. The van der Waals surface area contributed by atoms with Gasteiger partial charge in [-0.3, -0.25) is 9.59 Å². The summed E-state index contributed by atoms with van der Waals surface area (Å²) in [5, 5.41) is 2.71. The van der Waals surface area contributed by atoms with Crippen LogP contribution >= 0.6 is 0 Å². The number of carbonyl (C=O) groups is 3. The van der Waals surface area contributed by atoms with Crippen LogP contribution in [0.4, 0.5) is 0 Å². The predicted octanol–water partition coefficient (Wildman–Crippen LogP) is 2.01. The third-order valence-electron chi connectivity index (χ3n) is 3.69. The van der Waals surface area contributed by atoms with E-state index in [0.717, 1.165) is 11.1 Å². The minimum Gasteiger partial charge on any atom is -0.451 e. The van der Waals surface area contributed by atoms with Gasteiger partial charge in [-0.1, -0.05) is 24.3 Å². The maximum atomic E-state index is 12.0. The first-order valence-corrected chi connectivity index (χ1v) is 7.54. The average Bonchev–Trinajstić information content (AvgIpc) is 2.94. The molecule has 0 aliphatic carbocycles. The van der Waals surface area contributed by atoms with E-state index in [-0.39, 0.29) is 24.0 Å². The number of carbonyl (C=O) groups excluding carboxylic acids is 3. The van der Waals surface area contributed by atoms with Gasteiger partial charge >= 0.3 is 5.97 Å². The molecule has 0 atom stereocenters. The fraction of sp³-hybridized carbons (Fsp3) is 0.278. The molecule has 0 spiro atoms. The van der Waals surface area contributed by atoms with Crippen molar-refractivity contribution in [3.8, 4) is 0 Å². The van der Waals surface area contributed by atoms with Crippen LogP contribution in [0.5, 0.6) is 0 Å². The molecule has 1 N–H and O–H groups in total. The number of aromatic nitrogens is 1. The van der Waals surface area contributed by atoms with Crippen LogP contribution in [0.1, 0.15) is 38.9 Å². The van der Waals surface area contributed by atoms with Crippen molar-refractivity contribution in [3.63, 3.8) is 0 Å². The van der Waals surface area contributed by atoms with Crippen molar-refractivity contribution in [1.82, 2.24) is 9.88 Å². The molecule has 2 rings (SSSR count). The summed E-state index contributed by atoms with van der Waals surface area (Å²) in [6, 6.07) is 9.17. The molecular weight excluding hydrogens is 308 g/mol. The van der Waals surface area contributed by atoms with Crippen LogP contribution < -0.4 is 5.32 Å². The summed E-state index contributed by atoms with van der Waals surface area (Å²) in [6.07, 6.45) is 1.55. The Balaban J connectivity index is 1.86. The summed E-state index contributed by atoms with van der Waals surface area (Å²) >= 11 is 0. The normalized spacial score (nSPS) is 10.3. The number of aryl methyl sites for hydroxylation is 2. The molecular formula is C18H20N2O4. The molecule has 24 heavy (non-hydrogen) atoms. The molecule has 6 nitrogen and oxygen atoms in total. The third-order valence-corrected chi connectivity index (χ3v) is 3.69. The van der Waals surface area contributed by atoms with Crippen LogP contribution in [0.25, 0.3) is 0 Å². The summed E-state index contributed by atoms with van der Waals surface area (Å²) in [6.45, 7) is 3.39. The van der Waals surface area contributed by atoms with Crippen molar-refractivity contribution < 1.29 is 19.1 Å². The van der Waals surface area contributed by atoms with Gasteiger partial charge < -0.3 is 14.6 Å². The zero-order valence-electron chi connectivity index (χ0n) is 14.0. The first-order valence-electron chi connectivity index (χ1n) is 7.54. The topological polar surface area (TPSA) is 77.4 Å². The molecule has 0 saturated carbocycles. The number of nitrogens with one attached hydrogen (secondary N) is 1. The maximum absolute atomic E-state index is 12.0. The van der Waals surface area contributed by atoms with Crippen LogP contribution in [0.15, 0.2) is 36.5 Å². The largest absolute Gasteiger partial charge is 0.451 e. The van der Waals surface area contributed by atoms with Crippen LogP contribution in [0.3, 0.4) is 0 Å². The van der Waals surface area contributed by atoms with Crippen molar-refractivity contribution in [2.75, 3.05) is 6.61 Å². The monoisotopic (exact) mass is 328 g/mol. The van der Waals surface area contributed by atoms with E-state index >= 15 is 0 Å². The molecule has 0 fully saturated rings. The minimum absolute atomic E-state index is 0.138. The van der Waals surface area contributed by atoms with E-state index < -0.39 is 5.97 Å². The second-order valence-electron chi connectivity index (χ2n) is 5.56. The zero-order valence-corrected chi connectivity index (χ0v) is 14.0. The number of nitrogens with zero attached hydrogens (tertiary/aromatic N) is 1. The number of ketones is 1. The Morgan fingerprint density at radius 3 is 2.54 bits per heavy atom. The molecule has 0 radical (unpaired) electrons. The number of Topliss-reactive ketones (excluding diaryl/α,β-unsaturated/α-hetero) is 1. The van der Waals surface area contributed by atoms with Gasteiger partial charge in [0.1, 0.15) is 5.69 Å². The molecule has 126 valence electrons. The highest BCUT2D eigenvalue weighted by molar-refractivity contribution is 5.98. The molecule has 1 aromatic carbocycles. The highest BCUT2D eigenvalue weighted by Gasteiger charge is 2.16. The minimum atomic E-state index is -0.643. The molecule has 0 bridgehead atoms. The van der Waals surface area contributed by atoms with E-state index in [1.807, 2.05) is 31.2 Å². The van der Waals surface area contributed by atoms with E-state index in [1.165, 1.54) is 17.6 Å². The zero-order chi connectivity index (χ0) is 17.7. The van der Waals surface area contributed by atoms with Crippen molar-refractivity contribution in [2.24, 2.45) is 7.05 Å². The Morgan fingerprint density at radius 1 is 1.21 bits per heavy atom. The quantitative estimate of drug-likeness (QED) is 0.650. The molecule has 0 unspecified atom stereocenters. The maximum Gasteiger partial charge on any atom is 0.355 e. The number of hydrogen-bond acceptors (Lipinski definition) is 4. The van der Waals surface area contributed by atoms with Gasteiger partial charge in [0.05, 0.1) is 0 Å². The first-order chi connectivity index (χ1) is 11.4. The molecule has 0 saturated heterocycles. The van der Waals surface area contributed by atoms with E-state index in [2.05, 4.69) is 5.32 Å². The number of amides is 1. The Kier molecular flexibility index (Phi) is 5.52. The molecule has 0 aliphatic rings. The molecule has 2 aromatic rings. The van der Waals surface area contributed by atoms with Gasteiger partial charge in [-0.25, -0.2) is 4.79 Å². The van der Waals surface area contributed by atoms with E-state index in [4.69, 9.17) is 4.74 Å². The first kappa shape index (κ1) is 17.5. The Hall–Kier alpha value is -2.89. The number of rotatable bonds is 6. The molecule has 0 aliphatic heterocycles. The second kappa shape index (κ2) is 7.59. The third kappa shape index (κ3) is 4.32. The lowest BCUT2D eigenvalue weighted by Gasteiger charge is -2.08. The van der Waals surface area contributed by atoms with Gasteiger partial charge in [-0.05, 0) is 31.0 Å². The van der Waals surface area contributed by atoms with Crippen LogP contribution in [0, 0.1) is 6.92 Å². The SMILES string of the molecule is CC(=O)c1cc(C(=O)OCC(=O)NCc2ccccc2C)n(C)c1. The smallest absolute Gasteiger partial charge is 0.355 e. The van der Waals surface area contributed by atoms with Gasteiger partial charge in [0, 0.05) is 25.4 Å². The number of esters is 1. The standard InChI is InChI=1S/C18H20N2O4/c1-12-6-4-5-7-14(12)9-19-17(22)11-24-18(23)16-8-15(13(2)21)10-20(16)3/h4-8,10H,9,11H2,1-3H3,(H,19,22). The summed E-state index contributed by atoms with van der Waals surface area (Å²) in [7, 11) is 1.64. The lowest BCUT2D eigenvalue weighted by atomic mass is 10.1. The summed E-state index contributed by atoms with van der Waals surface area (Å²) in [4.78, 5) is 35.1. The Bertz CT molecular complexity index is 777. The molecule has 6 heteroatoms. The lowest BCUT2D eigenvalue weighted by Crippen LogP contribution is -2.28. The Labute approximate surface area is 140 Å². The number of hydrogen-bond donors (Lipinski definition) is 1. The van der Waals surface area contributed by atoms with Crippen LogP contribution in [-0.4, -0.2) is 28.8 Å². The molecule has 1 amide bonds. The van der Waals surface area contributed by atoms with E-state index in [0.29, 0.717) is 12.1 Å². The predicted molar refractivity (Wildman–Crippen MR) is 88.7 cm³/mol. The van der Waals surface area contributed by atoms with E-state index in [9.17, 15) is 14.4 Å². The summed E-state index contributed by atoms with van der Waals surface area (Å²) < 4.78 is 6.50. The highest BCUT2D eigenvalue weighted by Crippen LogP contribution is 2.10. The molecule has 1 heterocycles. The average molecular weight is 328 g/mol. The lowest BCUT2D eigenvalue weighted by molar-refractivity contribution is -0.124. The number of ether oxygens (including phenoxy) is 1. The van der Waals surface area contributed by atoms with Crippen LogP contribution in [0.2, 0.25) is 0 Å². The Morgan fingerprint density at radius 2 is 1.92 bits per heavy atom.